The maximum atomic E-state index is 10.6. The summed E-state index contributed by atoms with van der Waals surface area (Å²) in [6.45, 7) is 2.06. The van der Waals surface area contributed by atoms with Crippen LogP contribution in [0.3, 0.4) is 0 Å². The summed E-state index contributed by atoms with van der Waals surface area (Å²) in [5.74, 6) is -1.40. The first-order valence-electron chi connectivity index (χ1n) is 5.23. The molecule has 0 saturated heterocycles. The van der Waals surface area contributed by atoms with Gasteiger partial charge in [0, 0.05) is 4.88 Å². The van der Waals surface area contributed by atoms with E-state index in [1.165, 1.54) is 11.3 Å². The van der Waals surface area contributed by atoms with Gasteiger partial charge in [0.25, 0.3) is 0 Å². The Balaban J connectivity index is 2.78. The zero-order valence-electron chi connectivity index (χ0n) is 9.09. The van der Waals surface area contributed by atoms with Gasteiger partial charge >= 0.3 is 5.97 Å². The Hall–Kier alpha value is -0.910. The number of aliphatic hydroxyl groups is 2. The Kier molecular flexibility index (Phi) is 4.92. The first kappa shape index (κ1) is 13.2. The average Bonchev–Trinajstić information content (AvgIpc) is 2.72. The van der Waals surface area contributed by atoms with Gasteiger partial charge in [0.05, 0.1) is 0 Å². The first-order valence-corrected chi connectivity index (χ1v) is 6.11. The number of hydrogen-bond donors (Lipinski definition) is 3. The van der Waals surface area contributed by atoms with E-state index >= 15 is 0 Å². The number of carboxylic acids is 1. The SMILES string of the molecule is CCCCc1ccsc1C(O)C(O)C(=O)O. The van der Waals surface area contributed by atoms with Crippen LogP contribution in [0.25, 0.3) is 0 Å². The monoisotopic (exact) mass is 244 g/mol. The van der Waals surface area contributed by atoms with Crippen molar-refractivity contribution >= 4 is 17.3 Å². The Bertz CT molecular complexity index is 348. The second-order valence-electron chi connectivity index (χ2n) is 3.64. The zero-order valence-corrected chi connectivity index (χ0v) is 9.91. The molecule has 4 nitrogen and oxygen atoms in total. The molecule has 16 heavy (non-hydrogen) atoms. The molecule has 90 valence electrons. The number of carboxylic acid groups (broad SMARTS) is 1. The van der Waals surface area contributed by atoms with Crippen molar-refractivity contribution in [3.8, 4) is 0 Å². The number of rotatable bonds is 6. The van der Waals surface area contributed by atoms with Crippen LogP contribution in [0.15, 0.2) is 11.4 Å². The molecule has 1 aromatic heterocycles. The van der Waals surface area contributed by atoms with Gasteiger partial charge < -0.3 is 15.3 Å². The van der Waals surface area contributed by atoms with Gasteiger partial charge in [-0.25, -0.2) is 4.79 Å². The van der Waals surface area contributed by atoms with Crippen LogP contribution >= 0.6 is 11.3 Å². The van der Waals surface area contributed by atoms with Gasteiger partial charge in [-0.1, -0.05) is 13.3 Å². The van der Waals surface area contributed by atoms with Gasteiger partial charge in [-0.15, -0.1) is 11.3 Å². The largest absolute Gasteiger partial charge is 0.479 e. The van der Waals surface area contributed by atoms with Crippen molar-refractivity contribution in [1.82, 2.24) is 0 Å². The van der Waals surface area contributed by atoms with Gasteiger partial charge in [-0.3, -0.25) is 0 Å². The van der Waals surface area contributed by atoms with E-state index in [9.17, 15) is 15.0 Å². The molecule has 1 aromatic rings. The lowest BCUT2D eigenvalue weighted by atomic mass is 10.0. The van der Waals surface area contributed by atoms with Crippen LogP contribution in [0.1, 0.15) is 36.3 Å². The molecule has 0 radical (unpaired) electrons. The molecule has 0 aliphatic rings. The number of thiophene rings is 1. The second kappa shape index (κ2) is 5.98. The van der Waals surface area contributed by atoms with E-state index < -0.39 is 18.2 Å². The molecule has 0 bridgehead atoms. The Morgan fingerprint density at radius 3 is 2.75 bits per heavy atom. The fourth-order valence-corrected chi connectivity index (χ4v) is 2.43. The van der Waals surface area contributed by atoms with E-state index in [2.05, 4.69) is 6.92 Å². The number of unbranched alkanes of at least 4 members (excludes halogenated alkanes) is 1. The highest BCUT2D eigenvalue weighted by atomic mass is 32.1. The summed E-state index contributed by atoms with van der Waals surface area (Å²) in [6.07, 6.45) is -0.256. The minimum atomic E-state index is -1.75. The summed E-state index contributed by atoms with van der Waals surface area (Å²) >= 11 is 1.28. The normalized spacial score (nSPS) is 14.7. The number of hydrogen-bond acceptors (Lipinski definition) is 4. The molecule has 0 fully saturated rings. The molecule has 0 aliphatic heterocycles. The van der Waals surface area contributed by atoms with Crippen molar-refractivity contribution in [2.24, 2.45) is 0 Å². The third-order valence-electron chi connectivity index (χ3n) is 2.40. The Morgan fingerprint density at radius 1 is 1.50 bits per heavy atom. The van der Waals surface area contributed by atoms with Gasteiger partial charge in [0.1, 0.15) is 6.10 Å². The van der Waals surface area contributed by atoms with Crippen LogP contribution in [0, 0.1) is 0 Å². The molecule has 2 atom stereocenters. The molecule has 0 saturated carbocycles. The topological polar surface area (TPSA) is 77.8 Å². The van der Waals surface area contributed by atoms with E-state index in [1.807, 2.05) is 6.07 Å². The first-order chi connectivity index (χ1) is 7.57. The lowest BCUT2D eigenvalue weighted by Gasteiger charge is -2.14. The van der Waals surface area contributed by atoms with Crippen LogP contribution in [0.4, 0.5) is 0 Å². The fraction of sp³-hybridized carbons (Fsp3) is 0.545. The number of carbonyl (C=O) groups is 1. The van der Waals surface area contributed by atoms with Crippen molar-refractivity contribution in [2.45, 2.75) is 38.4 Å². The van der Waals surface area contributed by atoms with Crippen LogP contribution < -0.4 is 0 Å². The van der Waals surface area contributed by atoms with E-state index in [-0.39, 0.29) is 0 Å². The van der Waals surface area contributed by atoms with Crippen LogP contribution in [-0.4, -0.2) is 27.4 Å². The van der Waals surface area contributed by atoms with Crippen LogP contribution in [0.2, 0.25) is 0 Å². The Labute approximate surface area is 98.2 Å². The molecule has 1 heterocycles. The molecule has 1 rings (SSSR count). The summed E-state index contributed by atoms with van der Waals surface area (Å²) in [4.78, 5) is 11.1. The predicted molar refractivity (Wildman–Crippen MR) is 61.5 cm³/mol. The van der Waals surface area contributed by atoms with Gasteiger partial charge in [-0.2, -0.15) is 0 Å². The minimum absolute atomic E-state index is 0.559. The smallest absolute Gasteiger partial charge is 0.335 e. The highest BCUT2D eigenvalue weighted by Crippen LogP contribution is 2.28. The average molecular weight is 244 g/mol. The third kappa shape index (κ3) is 3.04. The lowest BCUT2D eigenvalue weighted by Crippen LogP contribution is -2.27. The highest BCUT2D eigenvalue weighted by Gasteiger charge is 2.27. The zero-order chi connectivity index (χ0) is 12.1. The maximum Gasteiger partial charge on any atom is 0.335 e. The van der Waals surface area contributed by atoms with Crippen molar-refractivity contribution in [3.05, 3.63) is 21.9 Å². The maximum absolute atomic E-state index is 10.6. The number of aryl methyl sites for hydroxylation is 1. The van der Waals surface area contributed by atoms with E-state index in [4.69, 9.17) is 5.11 Å². The fourth-order valence-electron chi connectivity index (χ4n) is 1.46. The molecule has 3 N–H and O–H groups in total. The van der Waals surface area contributed by atoms with Gasteiger partial charge in [-0.05, 0) is 29.9 Å². The predicted octanol–water partition coefficient (Wildman–Crippen LogP) is 1.57. The summed E-state index contributed by atoms with van der Waals surface area (Å²) in [5, 5.41) is 29.4. The second-order valence-corrected chi connectivity index (χ2v) is 4.59. The van der Waals surface area contributed by atoms with E-state index in [1.54, 1.807) is 5.38 Å². The minimum Gasteiger partial charge on any atom is -0.479 e. The van der Waals surface area contributed by atoms with Gasteiger partial charge in [0.2, 0.25) is 0 Å². The standard InChI is InChI=1S/C11H16O4S/c1-2-3-4-7-5-6-16-10(7)8(12)9(13)11(14)15/h5-6,8-9,12-13H,2-4H2,1H3,(H,14,15). The third-order valence-corrected chi connectivity index (χ3v) is 3.43. The van der Waals surface area contributed by atoms with Crippen molar-refractivity contribution in [1.29, 1.82) is 0 Å². The summed E-state index contributed by atoms with van der Waals surface area (Å²) < 4.78 is 0. The van der Waals surface area contributed by atoms with Crippen molar-refractivity contribution < 1.29 is 20.1 Å². The van der Waals surface area contributed by atoms with Gasteiger partial charge in [0.15, 0.2) is 6.10 Å². The molecular weight excluding hydrogens is 228 g/mol. The quantitative estimate of drug-likeness (QED) is 0.709. The molecule has 0 aliphatic carbocycles. The summed E-state index contributed by atoms with van der Waals surface area (Å²) in [6, 6.07) is 1.87. The molecule has 2 unspecified atom stereocenters. The van der Waals surface area contributed by atoms with Crippen LogP contribution in [0.5, 0.6) is 0 Å². The molecule has 0 amide bonds. The molecule has 0 aromatic carbocycles. The number of aliphatic hydroxyl groups excluding tert-OH is 2. The lowest BCUT2D eigenvalue weighted by molar-refractivity contribution is -0.152. The van der Waals surface area contributed by atoms with Crippen LogP contribution in [-0.2, 0) is 11.2 Å². The molecular formula is C11H16O4S. The highest BCUT2D eigenvalue weighted by molar-refractivity contribution is 7.10. The number of aliphatic carboxylic acids is 1. The summed E-state index contributed by atoms with van der Waals surface area (Å²) in [5.41, 5.74) is 0.930. The van der Waals surface area contributed by atoms with Crippen molar-refractivity contribution in [2.75, 3.05) is 0 Å². The molecule has 5 heteroatoms. The van der Waals surface area contributed by atoms with E-state index in [0.29, 0.717) is 4.88 Å². The summed E-state index contributed by atoms with van der Waals surface area (Å²) in [7, 11) is 0. The van der Waals surface area contributed by atoms with E-state index in [0.717, 1.165) is 24.8 Å². The molecule has 0 spiro atoms. The Morgan fingerprint density at radius 2 is 2.19 bits per heavy atom. The van der Waals surface area contributed by atoms with Crippen molar-refractivity contribution in [3.63, 3.8) is 0 Å².